The number of carboxylic acid groups (broad SMARTS) is 1. The summed E-state index contributed by atoms with van der Waals surface area (Å²) in [5.41, 5.74) is 18.8. The number of rotatable bonds is 25. The van der Waals surface area contributed by atoms with Gasteiger partial charge in [0, 0.05) is 89.1 Å². The first-order valence-corrected chi connectivity index (χ1v) is 54.2. The van der Waals surface area contributed by atoms with Crippen molar-refractivity contribution in [2.75, 3.05) is 85.4 Å². The van der Waals surface area contributed by atoms with E-state index in [4.69, 9.17) is 22.6 Å². The molecule has 5 heterocycles. The van der Waals surface area contributed by atoms with Crippen LogP contribution in [-0.4, -0.2) is 356 Å². The van der Waals surface area contributed by atoms with Gasteiger partial charge in [0.15, 0.2) is 5.96 Å². The fraction of sp³-hybridized carbons (Fsp3) is 0.663. The molecule has 1 aromatic carbocycles. The maximum Gasteiger partial charge on any atom is 0.303 e. The molecule has 1 unspecified atom stereocenters. The third-order valence-electron chi connectivity index (χ3n) is 24.7. The van der Waals surface area contributed by atoms with Crippen molar-refractivity contribution in [2.45, 2.75) is 269 Å². The SMILES string of the molecule is CC[C@H](C)[C@@H]1NC(=O)[C@@H]2CCSC[C@@H]3NC(=O)[C@H]([C@@H](C)CC)NC(=O)[C@H](C(C)C)NC(=O)[C@H](CCS(=O)C[C@@H](C(=O)N[C@@H](CCCNC(=N)N)C(=O)NCCN)NC(=O)[C@H](C)NC3=O)NC(=O)CNC(=O)[C@H](CSCC[C@H](NC(=O)[C@@H]3CSC[C@H](N)C(=O)N[C@@H](C)C(=O)N[C@@H](CO)C(=O)NCC(=O)N[C@@H](Cc4c[nH]c5ccccc45)C(=O)N[C@@H](C(C)C)C(=O)N3)C(=O)N[C@@H](CC(C)C)C(=O)N2)NC(=O)[C@H](CCC(=O)O)NC1=O. The van der Waals surface area contributed by atoms with Crippen molar-refractivity contribution in [3.05, 3.63) is 36.0 Å². The van der Waals surface area contributed by atoms with Crippen LogP contribution in [-0.2, 0) is 123 Å². The van der Waals surface area contributed by atoms with Crippen molar-refractivity contribution in [3.8, 4) is 0 Å². The second-order valence-corrected chi connectivity index (χ2v) is 42.8. The molecule has 0 radical (unpaired) electrons. The lowest BCUT2D eigenvalue weighted by Crippen LogP contribution is -2.62. The molecule has 1 aromatic heterocycles. The third-order valence-corrected chi connectivity index (χ3v) is 29.5. The van der Waals surface area contributed by atoms with Crippen molar-refractivity contribution < 1.29 is 120 Å². The van der Waals surface area contributed by atoms with E-state index in [-0.39, 0.29) is 75.4 Å². The van der Waals surface area contributed by atoms with E-state index in [9.17, 15) is 67.2 Å². The van der Waals surface area contributed by atoms with Crippen LogP contribution in [0.3, 0.4) is 0 Å². The second-order valence-electron chi connectivity index (χ2n) is 37.8. The highest BCUT2D eigenvalue weighted by Crippen LogP contribution is 2.23. The van der Waals surface area contributed by atoms with Gasteiger partial charge in [0.2, 0.25) is 124 Å². The average Bonchev–Trinajstić information content (AvgIpc) is 1.66. The summed E-state index contributed by atoms with van der Waals surface area (Å²) in [5, 5.41) is 84.9. The number of aliphatic hydroxyl groups excluding tert-OH is 1. The third kappa shape index (κ3) is 40.5. The number of aromatic amines is 1. The van der Waals surface area contributed by atoms with Gasteiger partial charge < -0.3 is 149 Å². The van der Waals surface area contributed by atoms with Gasteiger partial charge in [-0.15, -0.1) is 0 Å². The first kappa shape index (κ1) is 124. The molecule has 2 aromatic rings. The van der Waals surface area contributed by atoms with Gasteiger partial charge in [0.05, 0.1) is 31.5 Å². The summed E-state index contributed by atoms with van der Waals surface area (Å²) < 4.78 is 14.8. The minimum atomic E-state index is -2.37. The molecule has 4 bridgehead atoms. The number of aliphatic carboxylic acids is 1. The van der Waals surface area contributed by atoms with Crippen molar-refractivity contribution in [3.63, 3.8) is 0 Å². The molecule has 4 aliphatic heterocycles. The fourth-order valence-electron chi connectivity index (χ4n) is 15.6. The summed E-state index contributed by atoms with van der Waals surface area (Å²) in [6.07, 6.45) is -1.81. The molecule has 0 aliphatic carbocycles. The smallest absolute Gasteiger partial charge is 0.303 e. The van der Waals surface area contributed by atoms with Gasteiger partial charge in [-0.25, -0.2) is 0 Å². The highest BCUT2D eigenvalue weighted by molar-refractivity contribution is 7.99. The lowest BCUT2D eigenvalue weighted by Gasteiger charge is -2.31. The number of fused-ring (bicyclic) bond motifs is 19. The first-order chi connectivity index (χ1) is 70.0. The Morgan fingerprint density at radius 3 is 1.62 bits per heavy atom. The number of H-pyrrole nitrogens is 1. The molecule has 148 heavy (non-hydrogen) atoms. The van der Waals surface area contributed by atoms with E-state index in [0.717, 1.165) is 35.3 Å². The van der Waals surface area contributed by atoms with Gasteiger partial charge >= 0.3 is 5.97 Å². The normalized spacial score (nSPS) is 27.6. The molecule has 21 amide bonds. The summed E-state index contributed by atoms with van der Waals surface area (Å²) in [6, 6.07) is -25.1. The van der Waals surface area contributed by atoms with Gasteiger partial charge in [-0.05, 0) is 112 Å². The van der Waals surface area contributed by atoms with Crippen LogP contribution < -0.4 is 134 Å². The minimum absolute atomic E-state index is 0.0378. The number of thioether (sulfide) groups is 3. The zero-order valence-corrected chi connectivity index (χ0v) is 88.3. The molecule has 22 atom stereocenters. The van der Waals surface area contributed by atoms with Crippen LogP contribution in [0.15, 0.2) is 30.5 Å². The largest absolute Gasteiger partial charge is 0.481 e. The van der Waals surface area contributed by atoms with Crippen LogP contribution in [0, 0.1) is 35.0 Å². The molecule has 6 rings (SSSR count). The first-order valence-electron chi connectivity index (χ1n) is 49.3. The number of para-hydroxylation sites is 1. The number of guanidine groups is 1. The second kappa shape index (κ2) is 62.0. The minimum Gasteiger partial charge on any atom is -0.481 e. The number of hydrogen-bond donors (Lipinski definition) is 29. The number of nitrogens with one attached hydrogen (secondary N) is 24. The summed E-state index contributed by atoms with van der Waals surface area (Å²) in [6.45, 7) is 15.3. The lowest BCUT2D eigenvalue weighted by atomic mass is 9.96. The molecule has 824 valence electrons. The quantitative estimate of drug-likeness (QED) is 0.0190. The summed E-state index contributed by atoms with van der Waals surface area (Å²) in [7, 11) is -2.37. The van der Waals surface area contributed by atoms with Gasteiger partial charge in [0.1, 0.15) is 109 Å². The van der Waals surface area contributed by atoms with E-state index in [1.807, 2.05) is 0 Å². The highest BCUT2D eigenvalue weighted by Gasteiger charge is 2.43. The van der Waals surface area contributed by atoms with Crippen LogP contribution in [0.1, 0.15) is 153 Å². The molecule has 0 saturated carbocycles. The monoisotopic (exact) mass is 2160 g/mol. The Hall–Kier alpha value is -12.6. The molecule has 52 nitrogen and oxygen atoms in total. The number of benzene rings is 1. The number of aromatic nitrogens is 1. The van der Waals surface area contributed by atoms with Crippen LogP contribution in [0.25, 0.3) is 10.9 Å². The predicted molar refractivity (Wildman–Crippen MR) is 549 cm³/mol. The van der Waals surface area contributed by atoms with Crippen molar-refractivity contribution >= 4 is 193 Å². The number of carbonyl (C=O) groups excluding carboxylic acids is 21. The Morgan fingerprint density at radius 1 is 0.507 bits per heavy atom. The Kier molecular flexibility index (Phi) is 52.0. The van der Waals surface area contributed by atoms with Gasteiger partial charge in [0.25, 0.3) is 0 Å². The van der Waals surface area contributed by atoms with Gasteiger partial charge in [-0.3, -0.25) is 115 Å². The van der Waals surface area contributed by atoms with E-state index in [0.29, 0.717) is 16.5 Å². The average molecular weight is 2160 g/mol. The van der Waals surface area contributed by atoms with E-state index in [1.165, 1.54) is 48.5 Å². The van der Waals surface area contributed by atoms with Crippen LogP contribution >= 0.6 is 35.3 Å². The summed E-state index contributed by atoms with van der Waals surface area (Å²) in [4.78, 5) is 326. The van der Waals surface area contributed by atoms with Crippen molar-refractivity contribution in [2.24, 2.45) is 46.8 Å². The Labute approximate surface area is 872 Å². The summed E-state index contributed by atoms with van der Waals surface area (Å²) >= 11 is 2.43. The standard InChI is InChI=1S/C92H147N27O25S4/c1-13-46(9)71-90(142)109-55(21-22-68(123)124)79(131)112-62-39-145-29-23-56(108-86(138)64-41-147-38-52(94)75(127)102-48(11)73(125)111-61(37-120)77(129)100-36-67(122)105-60(84(136)117-69(44(5)6)88(140)113-64)33-50-34-99-53-19-16-15-18-51(50)53)80(132)110-59(32-43(3)4)83(135)107-57(81(133)118-71)24-30-146-40-63-85(137)103-49(12)74(126)115-65(87(139)106-54(76(128)97-28-26-93)20-17-27-98-92(95)96)42-148(144)31-25-58(104-66(121)35-101-78(62)130)82(134)116-70(45(7)8)89(141)119-72(47(10)14-2)91(143)114-63/h15-16,18-19,34,43-49,52,54-65,69-72,99,120H,13-14,17,20-33,35-42,93-94H2,1-12H3,(H,97,128)(H,100,129)(H,101,130)(H,102,127)(H,103,137)(H,104,121)(H,105,122)(H,106,139)(H,107,135)(H,108,138)(H,109,142)(H,110,132)(H,111,125)(H,112,131)(H,113,140)(H,114,143)(H,115,126)(H,116,134)(H,117,136)(H,118,133)(H,119,141)(H,123,124)(H4,95,96,98)/t46-,47-,48-,49-,52-,54-,55-,56-,57-,58-,59-,60-,61-,62-,63-,64-,65-,69-,70-,71-,72-,148?/m0/s1. The molecular formula is C92H147N27O25S4. The summed E-state index contributed by atoms with van der Waals surface area (Å²) in [5.74, 6) is -32.3. The van der Waals surface area contributed by atoms with E-state index < -0.39 is 372 Å². The maximum atomic E-state index is 15.7. The number of carbonyl (C=O) groups is 22. The molecule has 0 spiro atoms. The fourth-order valence-corrected chi connectivity index (χ4v) is 19.9. The topological polar surface area (TPSA) is 815 Å². The molecule has 4 saturated heterocycles. The number of hydrogen-bond acceptors (Lipinski definition) is 30. The predicted octanol–water partition coefficient (Wildman–Crippen LogP) is -9.15. The number of carboxylic acids is 1. The van der Waals surface area contributed by atoms with Crippen LogP contribution in [0.4, 0.5) is 0 Å². The zero-order valence-electron chi connectivity index (χ0n) is 85.1. The van der Waals surface area contributed by atoms with Crippen molar-refractivity contribution in [1.29, 1.82) is 5.41 Å². The van der Waals surface area contributed by atoms with Crippen LogP contribution in [0.2, 0.25) is 0 Å². The van der Waals surface area contributed by atoms with Crippen molar-refractivity contribution in [1.82, 2.24) is 122 Å². The Balaban J connectivity index is 1.57. The van der Waals surface area contributed by atoms with Crippen LogP contribution in [0.5, 0.6) is 0 Å². The Bertz CT molecular complexity index is 5060. The molecule has 32 N–H and O–H groups in total. The number of nitrogens with two attached hydrogens (primary N) is 3. The molecular weight excluding hydrogens is 2010 g/mol. The van der Waals surface area contributed by atoms with Gasteiger partial charge in [-0.2, -0.15) is 35.3 Å². The Morgan fingerprint density at radius 2 is 1.01 bits per heavy atom. The maximum absolute atomic E-state index is 15.7. The zero-order chi connectivity index (χ0) is 110. The number of aliphatic hydroxyl groups is 1. The number of amides is 21. The van der Waals surface area contributed by atoms with E-state index >= 15 is 52.7 Å². The molecule has 4 aliphatic rings. The van der Waals surface area contributed by atoms with E-state index in [1.54, 1.807) is 65.1 Å². The highest BCUT2D eigenvalue weighted by atomic mass is 32.2. The molecule has 56 heteroatoms. The lowest BCUT2D eigenvalue weighted by molar-refractivity contribution is -0.139. The molecule has 4 fully saturated rings. The van der Waals surface area contributed by atoms with E-state index in [2.05, 4.69) is 122 Å². The van der Waals surface area contributed by atoms with Gasteiger partial charge in [-0.1, -0.05) is 100 Å².